The SMILES string of the molecule is CC[C]1([Zr]([Br])([Br])[CH]2C=Cc3c(C)ccc(C)c32)C(C)=C(C)C(C)=C1C. The molecular weight excluding hydrogens is 515 g/mol. The number of aryl methyl sites for hydroxylation is 2. The molecule has 3 heteroatoms. The fourth-order valence-electron chi connectivity index (χ4n) is 5.09. The first-order valence-electron chi connectivity index (χ1n) is 9.13. The number of hydrogen-bond acceptors (Lipinski definition) is 0. The molecule has 0 heterocycles. The van der Waals surface area contributed by atoms with Gasteiger partial charge in [-0.3, -0.25) is 0 Å². The van der Waals surface area contributed by atoms with Crippen LogP contribution in [0.2, 0.25) is 3.12 Å². The summed E-state index contributed by atoms with van der Waals surface area (Å²) in [5, 5.41) is 0. The minimum absolute atomic E-state index is 0.190. The molecule has 0 radical (unpaired) electrons. The van der Waals surface area contributed by atoms with E-state index in [2.05, 4.69) is 97.2 Å². The Kier molecular flexibility index (Phi) is 5.38. The topological polar surface area (TPSA) is 0 Å². The van der Waals surface area contributed by atoms with Crippen molar-refractivity contribution in [1.29, 1.82) is 0 Å². The van der Waals surface area contributed by atoms with Crippen LogP contribution < -0.4 is 0 Å². The molecule has 0 spiro atoms. The van der Waals surface area contributed by atoms with E-state index in [1.54, 1.807) is 16.7 Å². The Bertz CT molecular complexity index is 816. The van der Waals surface area contributed by atoms with Crippen LogP contribution in [0.4, 0.5) is 0 Å². The van der Waals surface area contributed by atoms with Crippen molar-refractivity contribution < 1.29 is 15.6 Å². The maximum atomic E-state index is 4.42. The average molecular weight is 543 g/mol. The van der Waals surface area contributed by atoms with Gasteiger partial charge in [0, 0.05) is 0 Å². The summed E-state index contributed by atoms with van der Waals surface area (Å²) in [6.07, 6.45) is 6.01. The molecule has 2 aliphatic rings. The molecule has 0 nitrogen and oxygen atoms in total. The summed E-state index contributed by atoms with van der Waals surface area (Å²) in [6.45, 7) is 16.2. The van der Waals surface area contributed by atoms with Gasteiger partial charge in [0.2, 0.25) is 0 Å². The third-order valence-electron chi connectivity index (χ3n) is 6.95. The second kappa shape index (κ2) is 6.71. The van der Waals surface area contributed by atoms with Crippen molar-refractivity contribution in [3.63, 3.8) is 0 Å². The van der Waals surface area contributed by atoms with Gasteiger partial charge in [-0.2, -0.15) is 0 Å². The van der Waals surface area contributed by atoms with E-state index in [0.717, 1.165) is 6.42 Å². The molecule has 1 aromatic carbocycles. The zero-order chi connectivity index (χ0) is 18.7. The van der Waals surface area contributed by atoms with Crippen LogP contribution in [0.15, 0.2) is 40.5 Å². The zero-order valence-corrected chi connectivity index (χ0v) is 22.0. The van der Waals surface area contributed by atoms with Crippen molar-refractivity contribution in [2.45, 2.75) is 61.6 Å². The van der Waals surface area contributed by atoms with Crippen molar-refractivity contribution in [3.05, 3.63) is 62.8 Å². The summed E-state index contributed by atoms with van der Waals surface area (Å²) in [5.41, 5.74) is 12.0. The molecule has 1 aromatic rings. The Balaban J connectivity index is 2.24. The van der Waals surface area contributed by atoms with Crippen molar-refractivity contribution in [2.24, 2.45) is 0 Å². The second-order valence-electron chi connectivity index (χ2n) is 7.75. The van der Waals surface area contributed by atoms with E-state index in [1.165, 1.54) is 27.8 Å². The third-order valence-corrected chi connectivity index (χ3v) is 29.4. The number of hydrogen-bond donors (Lipinski definition) is 0. The zero-order valence-electron chi connectivity index (χ0n) is 16.3. The van der Waals surface area contributed by atoms with E-state index in [0.29, 0.717) is 3.63 Å². The van der Waals surface area contributed by atoms with Gasteiger partial charge < -0.3 is 0 Å². The standard InChI is InChI=1S/C11H11.C11H17.2BrH.Zr/c1-8-6-7-9(2)11-5-3-4-10(8)11;1-6-11-9(4)7(2)8(3)10(11)5;;;/h3-7H,1-2H3;6H2,1-5H3;2*1H;/q;;;;+2/p-2. The van der Waals surface area contributed by atoms with E-state index >= 15 is 0 Å². The average Bonchev–Trinajstić information content (AvgIpc) is 3.10. The van der Waals surface area contributed by atoms with E-state index in [9.17, 15) is 0 Å². The number of allylic oxidation sites excluding steroid dienone is 5. The summed E-state index contributed by atoms with van der Waals surface area (Å²) in [6, 6.07) is 4.56. The van der Waals surface area contributed by atoms with Crippen LogP contribution in [0, 0.1) is 13.8 Å². The van der Waals surface area contributed by atoms with Gasteiger partial charge in [0.15, 0.2) is 0 Å². The first-order valence-corrected chi connectivity index (χ1v) is 23.0. The van der Waals surface area contributed by atoms with Crippen LogP contribution in [-0.2, 0) is 15.6 Å². The molecule has 0 fully saturated rings. The molecule has 134 valence electrons. The van der Waals surface area contributed by atoms with Crippen molar-refractivity contribution in [1.82, 2.24) is 0 Å². The molecule has 0 saturated carbocycles. The van der Waals surface area contributed by atoms with Crippen LogP contribution >= 0.6 is 24.4 Å². The predicted molar refractivity (Wildman–Crippen MR) is 115 cm³/mol. The van der Waals surface area contributed by atoms with Crippen molar-refractivity contribution in [3.8, 4) is 0 Å². The minimum atomic E-state index is -3.02. The number of fused-ring (bicyclic) bond motifs is 1. The van der Waals surface area contributed by atoms with E-state index in [-0.39, 0.29) is 3.12 Å². The Morgan fingerprint density at radius 1 is 0.920 bits per heavy atom. The molecule has 3 rings (SSSR count). The van der Waals surface area contributed by atoms with Gasteiger partial charge in [-0.1, -0.05) is 0 Å². The van der Waals surface area contributed by atoms with E-state index in [4.69, 9.17) is 0 Å². The quantitative estimate of drug-likeness (QED) is 0.359. The van der Waals surface area contributed by atoms with Gasteiger partial charge in [-0.05, 0) is 0 Å². The van der Waals surface area contributed by atoms with Gasteiger partial charge in [-0.25, -0.2) is 0 Å². The molecule has 25 heavy (non-hydrogen) atoms. The van der Waals surface area contributed by atoms with Gasteiger partial charge in [0.25, 0.3) is 0 Å². The van der Waals surface area contributed by atoms with Gasteiger partial charge >= 0.3 is 170 Å². The Hall–Kier alpha value is 0.283. The fourth-order valence-corrected chi connectivity index (χ4v) is 28.5. The number of rotatable bonds is 3. The summed E-state index contributed by atoms with van der Waals surface area (Å²) in [7, 11) is 0. The molecule has 2 aliphatic carbocycles. The van der Waals surface area contributed by atoms with Crippen molar-refractivity contribution >= 4 is 30.5 Å². The van der Waals surface area contributed by atoms with Gasteiger partial charge in [0.1, 0.15) is 0 Å². The monoisotopic (exact) mass is 540 g/mol. The maximum absolute atomic E-state index is 4.42. The van der Waals surface area contributed by atoms with Crippen LogP contribution in [0.3, 0.4) is 0 Å². The second-order valence-corrected chi connectivity index (χ2v) is 35.5. The van der Waals surface area contributed by atoms with Gasteiger partial charge in [-0.15, -0.1) is 0 Å². The molecule has 0 N–H and O–H groups in total. The van der Waals surface area contributed by atoms with Crippen molar-refractivity contribution in [2.75, 3.05) is 0 Å². The molecule has 0 bridgehead atoms. The van der Waals surface area contributed by atoms with Crippen LogP contribution in [0.5, 0.6) is 0 Å². The summed E-state index contributed by atoms with van der Waals surface area (Å²) < 4.78 is 0.697. The van der Waals surface area contributed by atoms with Crippen LogP contribution in [0.1, 0.15) is 66.9 Å². The van der Waals surface area contributed by atoms with Crippen LogP contribution in [0.25, 0.3) is 6.08 Å². The number of halogens is 2. The number of benzene rings is 1. The van der Waals surface area contributed by atoms with Crippen LogP contribution in [-0.4, -0.2) is 0 Å². The molecule has 0 aliphatic heterocycles. The summed E-state index contributed by atoms with van der Waals surface area (Å²) in [5.74, 6) is 0. The summed E-state index contributed by atoms with van der Waals surface area (Å²) in [4.78, 5) is 0. The van der Waals surface area contributed by atoms with E-state index in [1.807, 2.05) is 0 Å². The molecule has 0 amide bonds. The molecule has 0 saturated heterocycles. The predicted octanol–water partition coefficient (Wildman–Crippen LogP) is 8.40. The molecular formula is C22H28Br2Zr. The Labute approximate surface area is 169 Å². The van der Waals surface area contributed by atoms with E-state index < -0.39 is 15.6 Å². The Morgan fingerprint density at radius 2 is 1.44 bits per heavy atom. The molecule has 1 atom stereocenters. The fraction of sp³-hybridized carbons (Fsp3) is 0.455. The molecule has 0 aromatic heterocycles. The third kappa shape index (κ3) is 2.59. The normalized spacial score (nSPS) is 22.2. The first-order chi connectivity index (χ1) is 11.6. The van der Waals surface area contributed by atoms with Gasteiger partial charge in [0.05, 0.1) is 0 Å². The Morgan fingerprint density at radius 3 is 1.96 bits per heavy atom. The summed E-state index contributed by atoms with van der Waals surface area (Å²) >= 11 is 5.83. The molecule has 1 unspecified atom stereocenters. The first kappa shape index (κ1) is 20.0.